The smallest absolute Gasteiger partial charge is 0.243 e. The quantitative estimate of drug-likeness (QED) is 0.307. The molecule has 2 aromatic heterocycles. The average molecular weight is 584 g/mol. The van der Waals surface area contributed by atoms with Gasteiger partial charge in [-0.15, -0.1) is 0 Å². The Kier molecular flexibility index (Phi) is 8.97. The summed E-state index contributed by atoms with van der Waals surface area (Å²) in [6.07, 6.45) is 4.42. The van der Waals surface area contributed by atoms with Gasteiger partial charge < -0.3 is 35.1 Å². The molecule has 3 aromatic rings. The van der Waals surface area contributed by atoms with Crippen LogP contribution >= 0.6 is 0 Å². The third kappa shape index (κ3) is 6.21. The van der Waals surface area contributed by atoms with Crippen LogP contribution in [0.5, 0.6) is 11.5 Å². The van der Waals surface area contributed by atoms with Crippen molar-refractivity contribution < 1.29 is 27.8 Å². The fourth-order valence-corrected chi connectivity index (χ4v) is 5.37. The highest BCUT2D eigenvalue weighted by molar-refractivity contribution is 5.92. The van der Waals surface area contributed by atoms with Gasteiger partial charge >= 0.3 is 0 Å². The second-order valence-corrected chi connectivity index (χ2v) is 10.5. The zero-order chi connectivity index (χ0) is 29.8. The summed E-state index contributed by atoms with van der Waals surface area (Å²) < 4.78 is 46.8. The minimum Gasteiger partial charge on any atom is -0.494 e. The Hall–Kier alpha value is -4.10. The molecule has 0 saturated carbocycles. The number of carbonyl (C=O) groups is 1. The molecular weight excluding hydrogens is 548 g/mol. The number of carbonyl (C=O) groups excluding carboxylic acids is 1. The first kappa shape index (κ1) is 29.4. The molecule has 1 aromatic carbocycles. The highest BCUT2D eigenvalue weighted by Crippen LogP contribution is 2.38. The first-order valence-electron chi connectivity index (χ1n) is 13.8. The lowest BCUT2D eigenvalue weighted by Gasteiger charge is -2.32. The lowest BCUT2D eigenvalue weighted by Crippen LogP contribution is -2.52. The SMILES string of the molecule is C=CC(=O)N[C@H]1CCOC[C@H]1Nc1ncc2cc(-c3c(F)c(OC)cc(OC)c3F)nc(NCC3CCN(C)C3)c2n1. The number of fused-ring (bicyclic) bond motifs is 1. The number of nitrogens with one attached hydrogen (secondary N) is 3. The highest BCUT2D eigenvalue weighted by Gasteiger charge is 2.28. The van der Waals surface area contributed by atoms with E-state index < -0.39 is 11.6 Å². The number of halogens is 2. The molecule has 2 fully saturated rings. The zero-order valence-corrected chi connectivity index (χ0v) is 23.9. The Morgan fingerprint density at radius 1 is 1.17 bits per heavy atom. The molecule has 1 amide bonds. The van der Waals surface area contributed by atoms with Crippen LogP contribution < -0.4 is 25.4 Å². The van der Waals surface area contributed by atoms with Gasteiger partial charge in [0.1, 0.15) is 5.52 Å². The molecule has 2 aliphatic heterocycles. The first-order chi connectivity index (χ1) is 20.3. The maximum Gasteiger partial charge on any atom is 0.243 e. The second kappa shape index (κ2) is 12.8. The van der Waals surface area contributed by atoms with Gasteiger partial charge in [0.2, 0.25) is 11.9 Å². The number of rotatable bonds is 10. The van der Waals surface area contributed by atoms with Crippen LogP contribution in [0.4, 0.5) is 20.5 Å². The van der Waals surface area contributed by atoms with E-state index in [1.165, 1.54) is 26.4 Å². The second-order valence-electron chi connectivity index (χ2n) is 10.5. The van der Waals surface area contributed by atoms with E-state index in [-0.39, 0.29) is 40.7 Å². The molecule has 0 aliphatic carbocycles. The van der Waals surface area contributed by atoms with Gasteiger partial charge in [-0.1, -0.05) is 6.58 Å². The van der Waals surface area contributed by atoms with Gasteiger partial charge in [0, 0.05) is 37.3 Å². The number of pyridine rings is 1. The van der Waals surface area contributed by atoms with Crippen LogP contribution in [0, 0.1) is 17.6 Å². The predicted molar refractivity (Wildman–Crippen MR) is 155 cm³/mol. The van der Waals surface area contributed by atoms with Crippen LogP contribution in [0.15, 0.2) is 31.0 Å². The van der Waals surface area contributed by atoms with Crippen molar-refractivity contribution in [1.29, 1.82) is 0 Å². The molecule has 2 aliphatic rings. The zero-order valence-electron chi connectivity index (χ0n) is 23.9. The van der Waals surface area contributed by atoms with E-state index in [0.717, 1.165) is 25.6 Å². The Morgan fingerprint density at radius 3 is 2.60 bits per heavy atom. The molecule has 3 atom stereocenters. The van der Waals surface area contributed by atoms with Crippen LogP contribution in [0.1, 0.15) is 12.8 Å². The van der Waals surface area contributed by atoms with E-state index in [4.69, 9.17) is 19.2 Å². The van der Waals surface area contributed by atoms with Crippen molar-refractivity contribution in [2.45, 2.75) is 24.9 Å². The molecule has 42 heavy (non-hydrogen) atoms. The lowest BCUT2D eigenvalue weighted by atomic mass is 10.0. The van der Waals surface area contributed by atoms with E-state index in [1.807, 2.05) is 0 Å². The summed E-state index contributed by atoms with van der Waals surface area (Å²) in [6, 6.07) is 2.19. The van der Waals surface area contributed by atoms with Crippen molar-refractivity contribution >= 4 is 28.6 Å². The first-order valence-corrected chi connectivity index (χ1v) is 13.8. The van der Waals surface area contributed by atoms with Gasteiger partial charge in [-0.25, -0.2) is 23.7 Å². The standard InChI is InChI=1S/C29H35F2N7O4/c1-5-23(39)34-18-7-9-42-15-20(18)36-29-33-13-17-10-19(24-25(30)21(40-3)11-22(41-4)26(24)31)35-28(27(17)37-29)32-12-16-6-8-38(2)14-16/h5,10-11,13,16,18,20H,1,6-9,12,14-15H2,2-4H3,(H,32,35)(H,34,39)(H,33,36,37)/t16?,18-,20+/m0/s1. The molecule has 3 N–H and O–H groups in total. The molecule has 0 bridgehead atoms. The summed E-state index contributed by atoms with van der Waals surface area (Å²) in [5.41, 5.74) is 0.138. The summed E-state index contributed by atoms with van der Waals surface area (Å²) in [7, 11) is 4.67. The highest BCUT2D eigenvalue weighted by atomic mass is 19.1. The van der Waals surface area contributed by atoms with Crippen LogP contribution in [0.25, 0.3) is 22.2 Å². The molecule has 2 saturated heterocycles. The minimum absolute atomic E-state index is 0.0398. The number of amides is 1. The van der Waals surface area contributed by atoms with Crippen molar-refractivity contribution in [1.82, 2.24) is 25.2 Å². The van der Waals surface area contributed by atoms with Crippen molar-refractivity contribution in [2.75, 3.05) is 64.7 Å². The van der Waals surface area contributed by atoms with Gasteiger partial charge in [0.05, 0.1) is 44.2 Å². The molecule has 11 nitrogen and oxygen atoms in total. The number of aromatic nitrogens is 3. The van der Waals surface area contributed by atoms with E-state index in [0.29, 0.717) is 54.8 Å². The third-order valence-electron chi connectivity index (χ3n) is 7.63. The number of likely N-dealkylation sites (tertiary alicyclic amines) is 1. The van der Waals surface area contributed by atoms with E-state index >= 15 is 8.78 Å². The normalized spacial score (nSPS) is 20.7. The number of benzene rings is 1. The molecule has 5 rings (SSSR count). The molecule has 1 unspecified atom stereocenters. The lowest BCUT2D eigenvalue weighted by molar-refractivity contribution is -0.117. The molecular formula is C29H35F2N7O4. The average Bonchev–Trinajstić information content (AvgIpc) is 3.42. The summed E-state index contributed by atoms with van der Waals surface area (Å²) in [4.78, 5) is 28.0. The monoisotopic (exact) mass is 583 g/mol. The Labute approximate surface area is 242 Å². The fraction of sp³-hybridized carbons (Fsp3) is 0.448. The van der Waals surface area contributed by atoms with Gasteiger partial charge in [0.15, 0.2) is 29.0 Å². The largest absolute Gasteiger partial charge is 0.494 e. The van der Waals surface area contributed by atoms with Crippen LogP contribution in [-0.4, -0.2) is 92.0 Å². The summed E-state index contributed by atoms with van der Waals surface area (Å²) in [5.74, 6) is -1.37. The van der Waals surface area contributed by atoms with Crippen LogP contribution in [0.2, 0.25) is 0 Å². The molecule has 0 spiro atoms. The van der Waals surface area contributed by atoms with Gasteiger partial charge in [0.25, 0.3) is 0 Å². The minimum atomic E-state index is -0.893. The van der Waals surface area contributed by atoms with Gasteiger partial charge in [-0.05, 0) is 44.5 Å². The Bertz CT molecular complexity index is 1450. The van der Waals surface area contributed by atoms with Crippen molar-refractivity contribution in [3.8, 4) is 22.8 Å². The molecule has 0 radical (unpaired) electrons. The van der Waals surface area contributed by atoms with Gasteiger partial charge in [-0.2, -0.15) is 0 Å². The van der Waals surface area contributed by atoms with E-state index in [2.05, 4.69) is 44.4 Å². The molecule has 224 valence electrons. The Morgan fingerprint density at radius 2 is 1.93 bits per heavy atom. The number of hydrogen-bond acceptors (Lipinski definition) is 10. The van der Waals surface area contributed by atoms with Crippen LogP contribution in [0.3, 0.4) is 0 Å². The maximum absolute atomic E-state index is 15.4. The predicted octanol–water partition coefficient (Wildman–Crippen LogP) is 3.22. The number of methoxy groups -OCH3 is 2. The summed E-state index contributed by atoms with van der Waals surface area (Å²) in [5, 5.41) is 10.1. The molecule has 13 heteroatoms. The number of ether oxygens (including phenoxy) is 3. The summed E-state index contributed by atoms with van der Waals surface area (Å²) >= 11 is 0. The van der Waals surface area contributed by atoms with Gasteiger partial charge in [-0.3, -0.25) is 4.79 Å². The van der Waals surface area contributed by atoms with Crippen molar-refractivity contribution in [3.63, 3.8) is 0 Å². The third-order valence-corrected chi connectivity index (χ3v) is 7.63. The Balaban J connectivity index is 1.54. The molecule has 4 heterocycles. The van der Waals surface area contributed by atoms with E-state index in [9.17, 15) is 4.79 Å². The number of anilines is 2. The summed E-state index contributed by atoms with van der Waals surface area (Å²) in [6.45, 7) is 6.89. The maximum atomic E-state index is 15.4. The van der Waals surface area contributed by atoms with Crippen LogP contribution in [-0.2, 0) is 9.53 Å². The van der Waals surface area contributed by atoms with Crippen molar-refractivity contribution in [2.24, 2.45) is 5.92 Å². The number of nitrogens with zero attached hydrogens (tertiary/aromatic N) is 4. The van der Waals surface area contributed by atoms with Crippen molar-refractivity contribution in [3.05, 3.63) is 42.6 Å². The topological polar surface area (TPSA) is 123 Å². The number of hydrogen-bond donors (Lipinski definition) is 3. The van der Waals surface area contributed by atoms with E-state index in [1.54, 1.807) is 6.20 Å². The fourth-order valence-electron chi connectivity index (χ4n) is 5.37.